The molecule has 2 saturated heterocycles. The van der Waals surface area contributed by atoms with Crippen LogP contribution in [0, 0.1) is 11.8 Å². The lowest BCUT2D eigenvalue weighted by Crippen LogP contribution is -2.48. The van der Waals surface area contributed by atoms with E-state index in [2.05, 4.69) is 34.8 Å². The van der Waals surface area contributed by atoms with Gasteiger partial charge in [0.25, 0.3) is 11.5 Å². The summed E-state index contributed by atoms with van der Waals surface area (Å²) in [7, 11) is 0. The van der Waals surface area contributed by atoms with Crippen LogP contribution in [0.3, 0.4) is 0 Å². The summed E-state index contributed by atoms with van der Waals surface area (Å²) in [6.45, 7) is 10.0. The number of fused-ring (bicyclic) bond motifs is 4. The summed E-state index contributed by atoms with van der Waals surface area (Å²) in [6, 6.07) is 3.76. The average molecular weight is 422 g/mol. The number of carbonyl (C=O) groups excluding carboxylic acids is 1. The molecule has 3 aliphatic heterocycles. The zero-order chi connectivity index (χ0) is 21.5. The third kappa shape index (κ3) is 4.03. The van der Waals surface area contributed by atoms with Crippen LogP contribution in [0.2, 0.25) is 0 Å². The molecule has 0 spiro atoms. The molecule has 0 saturated carbocycles. The van der Waals surface area contributed by atoms with Crippen molar-refractivity contribution in [3.63, 3.8) is 0 Å². The van der Waals surface area contributed by atoms with E-state index < -0.39 is 0 Å². The van der Waals surface area contributed by atoms with Crippen molar-refractivity contribution in [2.45, 2.75) is 45.6 Å². The molecule has 2 atom stereocenters. The van der Waals surface area contributed by atoms with Gasteiger partial charge in [-0.05, 0) is 37.2 Å². The summed E-state index contributed by atoms with van der Waals surface area (Å²) in [5.41, 5.74) is 2.85. The first-order valence-electron chi connectivity index (χ1n) is 11.6. The second-order valence-corrected chi connectivity index (χ2v) is 9.82. The highest BCUT2D eigenvalue weighted by atomic mass is 16.2. The molecule has 0 radical (unpaired) electrons. The van der Waals surface area contributed by atoms with E-state index in [0.29, 0.717) is 29.1 Å². The number of piperidine rings is 1. The predicted molar refractivity (Wildman–Crippen MR) is 119 cm³/mol. The molecule has 0 aromatic carbocycles. The highest BCUT2D eigenvalue weighted by molar-refractivity contribution is 5.92. The quantitative estimate of drug-likeness (QED) is 0.759. The number of carbonyl (C=O) groups is 1. The van der Waals surface area contributed by atoms with E-state index >= 15 is 0 Å². The molecule has 1 amide bonds. The van der Waals surface area contributed by atoms with Crippen molar-refractivity contribution >= 4 is 5.91 Å². The van der Waals surface area contributed by atoms with Crippen LogP contribution in [0.5, 0.6) is 0 Å². The van der Waals surface area contributed by atoms with E-state index in [0.717, 1.165) is 69.8 Å². The highest BCUT2D eigenvalue weighted by Gasteiger charge is 2.35. The molecule has 2 aromatic rings. The maximum Gasteiger partial charge on any atom is 0.274 e. The standard InChI is InChI=1S/C24H31N5O2/c1-16(2)12-27-13-17-7-19(15-27)22-8-18(9-23(30)29(22)14-17)20-10-25-11-21(26-20)24(31)28-5-3-4-6-28/h8-11,16-17,19H,3-7,12-15H2,1-2H3/t17-,19+/m0/s1. The summed E-state index contributed by atoms with van der Waals surface area (Å²) in [4.78, 5) is 39.0. The Hall–Kier alpha value is -2.54. The van der Waals surface area contributed by atoms with Gasteiger partial charge < -0.3 is 14.4 Å². The number of rotatable bonds is 4. The van der Waals surface area contributed by atoms with Gasteiger partial charge >= 0.3 is 0 Å². The number of nitrogens with zero attached hydrogens (tertiary/aromatic N) is 5. The van der Waals surface area contributed by atoms with Crippen LogP contribution in [0.25, 0.3) is 11.3 Å². The Morgan fingerprint density at radius 1 is 1.13 bits per heavy atom. The summed E-state index contributed by atoms with van der Waals surface area (Å²) in [5.74, 6) is 1.47. The van der Waals surface area contributed by atoms with Crippen LogP contribution in [0.4, 0.5) is 0 Å². The normalized spacial score (nSPS) is 23.3. The number of aromatic nitrogens is 3. The van der Waals surface area contributed by atoms with E-state index in [9.17, 15) is 9.59 Å². The fourth-order valence-electron chi connectivity index (χ4n) is 5.56. The first-order chi connectivity index (χ1) is 15.0. The molecular weight excluding hydrogens is 390 g/mol. The minimum Gasteiger partial charge on any atom is -0.337 e. The summed E-state index contributed by atoms with van der Waals surface area (Å²) >= 11 is 0. The van der Waals surface area contributed by atoms with Crippen molar-refractivity contribution in [3.05, 3.63) is 46.3 Å². The number of pyridine rings is 1. The second kappa shape index (κ2) is 8.19. The lowest BCUT2D eigenvalue weighted by atomic mass is 9.82. The Morgan fingerprint density at radius 3 is 2.71 bits per heavy atom. The Morgan fingerprint density at radius 2 is 1.94 bits per heavy atom. The first-order valence-corrected chi connectivity index (χ1v) is 11.6. The minimum absolute atomic E-state index is 0.0255. The van der Waals surface area contributed by atoms with Gasteiger partial charge in [0.2, 0.25) is 0 Å². The SMILES string of the molecule is CC(C)CN1C[C@@H]2C[C@H](C1)c1cc(-c3cncc(C(=O)N4CCCC4)n3)cc(=O)n1C2. The van der Waals surface area contributed by atoms with Crippen LogP contribution in [0.1, 0.15) is 55.2 Å². The van der Waals surface area contributed by atoms with E-state index in [-0.39, 0.29) is 11.5 Å². The van der Waals surface area contributed by atoms with Crippen molar-refractivity contribution in [1.29, 1.82) is 0 Å². The summed E-state index contributed by atoms with van der Waals surface area (Å²) in [6.07, 6.45) is 6.40. The lowest BCUT2D eigenvalue weighted by molar-refractivity contribution is 0.0786. The van der Waals surface area contributed by atoms with Crippen LogP contribution in [-0.4, -0.2) is 63.0 Å². The summed E-state index contributed by atoms with van der Waals surface area (Å²) in [5, 5.41) is 0. The zero-order valence-corrected chi connectivity index (χ0v) is 18.5. The Bertz CT molecular complexity index is 1040. The van der Waals surface area contributed by atoms with E-state index in [1.807, 2.05) is 9.47 Å². The molecule has 5 rings (SSSR count). The van der Waals surface area contributed by atoms with Gasteiger partial charge in [-0.3, -0.25) is 14.6 Å². The van der Waals surface area contributed by atoms with Crippen molar-refractivity contribution < 1.29 is 4.79 Å². The molecule has 7 heteroatoms. The molecule has 0 N–H and O–H groups in total. The molecule has 7 nitrogen and oxygen atoms in total. The van der Waals surface area contributed by atoms with Gasteiger partial charge in [-0.15, -0.1) is 0 Å². The first kappa shape index (κ1) is 20.4. The fraction of sp³-hybridized carbons (Fsp3) is 0.583. The van der Waals surface area contributed by atoms with Gasteiger partial charge in [0, 0.05) is 62.5 Å². The Labute approximate surface area is 183 Å². The fourth-order valence-corrected chi connectivity index (χ4v) is 5.56. The van der Waals surface area contributed by atoms with Crippen molar-refractivity contribution in [3.8, 4) is 11.3 Å². The number of hydrogen-bond donors (Lipinski definition) is 0. The molecule has 3 aliphatic rings. The Kier molecular flexibility index (Phi) is 5.38. The van der Waals surface area contributed by atoms with Crippen LogP contribution >= 0.6 is 0 Å². The molecule has 31 heavy (non-hydrogen) atoms. The van der Waals surface area contributed by atoms with E-state index in [4.69, 9.17) is 0 Å². The largest absolute Gasteiger partial charge is 0.337 e. The maximum absolute atomic E-state index is 13.0. The third-order valence-corrected chi connectivity index (χ3v) is 6.80. The molecule has 2 fully saturated rings. The van der Waals surface area contributed by atoms with Crippen molar-refractivity contribution in [2.24, 2.45) is 11.8 Å². The zero-order valence-electron chi connectivity index (χ0n) is 18.5. The monoisotopic (exact) mass is 421 g/mol. The third-order valence-electron chi connectivity index (χ3n) is 6.80. The molecule has 2 bridgehead atoms. The van der Waals surface area contributed by atoms with Gasteiger partial charge in [0.15, 0.2) is 0 Å². The molecule has 164 valence electrons. The highest BCUT2D eigenvalue weighted by Crippen LogP contribution is 2.36. The van der Waals surface area contributed by atoms with Gasteiger partial charge in [-0.2, -0.15) is 0 Å². The Balaban J connectivity index is 1.46. The molecule has 0 unspecified atom stereocenters. The smallest absolute Gasteiger partial charge is 0.274 e. The number of hydrogen-bond acceptors (Lipinski definition) is 5. The van der Waals surface area contributed by atoms with Crippen molar-refractivity contribution in [1.82, 2.24) is 24.3 Å². The predicted octanol–water partition coefficient (Wildman–Crippen LogP) is 2.62. The van der Waals surface area contributed by atoms with Crippen LogP contribution in [-0.2, 0) is 6.54 Å². The van der Waals surface area contributed by atoms with Gasteiger partial charge in [0.1, 0.15) is 5.69 Å². The van der Waals surface area contributed by atoms with Gasteiger partial charge in [0.05, 0.1) is 18.1 Å². The van der Waals surface area contributed by atoms with E-state index in [1.165, 1.54) is 6.20 Å². The molecule has 2 aromatic heterocycles. The molecule has 5 heterocycles. The average Bonchev–Trinajstić information content (AvgIpc) is 3.28. The second-order valence-electron chi connectivity index (χ2n) is 9.82. The summed E-state index contributed by atoms with van der Waals surface area (Å²) < 4.78 is 1.96. The van der Waals surface area contributed by atoms with Crippen molar-refractivity contribution in [2.75, 3.05) is 32.7 Å². The van der Waals surface area contributed by atoms with E-state index in [1.54, 1.807) is 12.3 Å². The maximum atomic E-state index is 13.0. The topological polar surface area (TPSA) is 71.3 Å². The molecule has 0 aliphatic carbocycles. The minimum atomic E-state index is -0.0685. The molecular formula is C24H31N5O2. The lowest BCUT2D eigenvalue weighted by Gasteiger charge is -2.43. The van der Waals surface area contributed by atoms with Crippen LogP contribution in [0.15, 0.2) is 29.3 Å². The number of likely N-dealkylation sites (tertiary alicyclic amines) is 2. The van der Waals surface area contributed by atoms with Gasteiger partial charge in [-0.1, -0.05) is 13.8 Å². The van der Waals surface area contributed by atoms with Gasteiger partial charge in [-0.25, -0.2) is 4.98 Å². The van der Waals surface area contributed by atoms with Crippen LogP contribution < -0.4 is 5.56 Å². The number of amides is 1.